The van der Waals surface area contributed by atoms with Gasteiger partial charge in [0.05, 0.1) is 24.9 Å². The maximum absolute atomic E-state index is 13.3. The number of halogens is 2. The minimum atomic E-state index is -0.902. The number of ether oxygens (including phenoxy) is 2. The van der Waals surface area contributed by atoms with E-state index in [2.05, 4.69) is 9.97 Å². The van der Waals surface area contributed by atoms with Gasteiger partial charge in [-0.1, -0.05) is 11.6 Å². The van der Waals surface area contributed by atoms with Crippen molar-refractivity contribution in [1.29, 1.82) is 0 Å². The van der Waals surface area contributed by atoms with Gasteiger partial charge in [-0.2, -0.15) is 4.39 Å². The van der Waals surface area contributed by atoms with Crippen LogP contribution in [0.5, 0.6) is 11.5 Å². The van der Waals surface area contributed by atoms with E-state index in [4.69, 9.17) is 21.1 Å². The maximum Gasteiger partial charge on any atom is 0.287 e. The predicted molar refractivity (Wildman–Crippen MR) is 73.1 cm³/mol. The first-order valence-corrected chi connectivity index (χ1v) is 6.04. The number of aryl methyl sites for hydroxylation is 1. The molecule has 0 saturated carbocycles. The fourth-order valence-electron chi connectivity index (χ4n) is 1.76. The lowest BCUT2D eigenvalue weighted by atomic mass is 10.2. The molecule has 0 aliphatic rings. The molecule has 0 spiro atoms. The van der Waals surface area contributed by atoms with Gasteiger partial charge in [0.15, 0.2) is 11.5 Å². The highest BCUT2D eigenvalue weighted by Crippen LogP contribution is 2.38. The Bertz CT molecular complexity index is 715. The van der Waals surface area contributed by atoms with Gasteiger partial charge in [-0.25, -0.2) is 4.98 Å². The summed E-state index contributed by atoms with van der Waals surface area (Å²) in [6, 6.07) is 3.15. The van der Waals surface area contributed by atoms with Crippen LogP contribution in [0.1, 0.15) is 5.69 Å². The molecule has 1 aromatic carbocycles. The summed E-state index contributed by atoms with van der Waals surface area (Å²) in [5.74, 6) is 0.0656. The zero-order valence-electron chi connectivity index (χ0n) is 11.1. The van der Waals surface area contributed by atoms with Gasteiger partial charge in [-0.15, -0.1) is 0 Å². The van der Waals surface area contributed by atoms with Crippen molar-refractivity contribution < 1.29 is 13.9 Å². The van der Waals surface area contributed by atoms with E-state index in [1.165, 1.54) is 21.1 Å². The van der Waals surface area contributed by atoms with E-state index in [-0.39, 0.29) is 11.5 Å². The lowest BCUT2D eigenvalue weighted by Gasteiger charge is -2.11. The molecule has 2 rings (SSSR count). The molecule has 2 aromatic rings. The summed E-state index contributed by atoms with van der Waals surface area (Å²) in [7, 11) is 2.93. The quantitative estimate of drug-likeness (QED) is 0.946. The molecule has 0 unspecified atom stereocenters. The number of aromatic amines is 1. The number of aromatic nitrogens is 2. The molecule has 0 amide bonds. The summed E-state index contributed by atoms with van der Waals surface area (Å²) in [5, 5.41) is 0.298. The van der Waals surface area contributed by atoms with Crippen molar-refractivity contribution in [3.05, 3.63) is 39.0 Å². The number of hydrogen-bond donors (Lipinski definition) is 1. The Hall–Kier alpha value is -2.08. The van der Waals surface area contributed by atoms with Crippen molar-refractivity contribution in [2.45, 2.75) is 6.92 Å². The van der Waals surface area contributed by atoms with Crippen LogP contribution in [-0.2, 0) is 0 Å². The first kappa shape index (κ1) is 14.3. The fraction of sp³-hybridized carbons (Fsp3) is 0.231. The zero-order chi connectivity index (χ0) is 14.9. The molecule has 0 aliphatic heterocycles. The van der Waals surface area contributed by atoms with Crippen LogP contribution in [0, 0.1) is 12.7 Å². The average molecular weight is 299 g/mol. The van der Waals surface area contributed by atoms with E-state index < -0.39 is 11.4 Å². The maximum atomic E-state index is 13.3. The number of hydrogen-bond acceptors (Lipinski definition) is 4. The lowest BCUT2D eigenvalue weighted by molar-refractivity contribution is 0.355. The van der Waals surface area contributed by atoms with Gasteiger partial charge in [0, 0.05) is 5.56 Å². The van der Waals surface area contributed by atoms with Gasteiger partial charge in [-0.3, -0.25) is 4.79 Å². The van der Waals surface area contributed by atoms with Gasteiger partial charge in [-0.05, 0) is 19.1 Å². The van der Waals surface area contributed by atoms with E-state index in [1.54, 1.807) is 12.1 Å². The van der Waals surface area contributed by atoms with Crippen LogP contribution >= 0.6 is 11.6 Å². The molecule has 0 fully saturated rings. The molecule has 0 radical (unpaired) electrons. The first-order valence-electron chi connectivity index (χ1n) is 5.66. The standard InChI is InChI=1S/C13H12ClFN2O3/c1-6-10(15)13(18)17-12(16-6)7-4-8(14)11(20-3)9(5-7)19-2/h4-5H,1-3H3,(H,16,17,18). The number of nitrogens with zero attached hydrogens (tertiary/aromatic N) is 1. The Labute approximate surface area is 119 Å². The van der Waals surface area contributed by atoms with Crippen LogP contribution in [0.15, 0.2) is 16.9 Å². The molecule has 0 aliphatic carbocycles. The van der Waals surface area contributed by atoms with E-state index >= 15 is 0 Å². The SMILES string of the molecule is COc1cc(-c2nc(C)c(F)c(=O)[nH]2)cc(Cl)c1OC. The number of methoxy groups -OCH3 is 2. The Morgan fingerprint density at radius 3 is 2.55 bits per heavy atom. The third-order valence-electron chi connectivity index (χ3n) is 2.74. The zero-order valence-corrected chi connectivity index (χ0v) is 11.8. The molecule has 0 saturated heterocycles. The van der Waals surface area contributed by atoms with Crippen LogP contribution < -0.4 is 15.0 Å². The van der Waals surface area contributed by atoms with Gasteiger partial charge in [0.25, 0.3) is 5.56 Å². The second kappa shape index (κ2) is 5.50. The Morgan fingerprint density at radius 2 is 2.00 bits per heavy atom. The van der Waals surface area contributed by atoms with Crippen molar-refractivity contribution in [3.63, 3.8) is 0 Å². The van der Waals surface area contributed by atoms with Gasteiger partial charge in [0.2, 0.25) is 5.82 Å². The second-order valence-electron chi connectivity index (χ2n) is 4.01. The molecule has 1 N–H and O–H groups in total. The highest BCUT2D eigenvalue weighted by atomic mass is 35.5. The van der Waals surface area contributed by atoms with Gasteiger partial charge in [0.1, 0.15) is 5.82 Å². The number of H-pyrrole nitrogens is 1. The lowest BCUT2D eigenvalue weighted by Crippen LogP contribution is -2.15. The van der Waals surface area contributed by atoms with Crippen molar-refractivity contribution in [2.24, 2.45) is 0 Å². The molecule has 106 valence electrons. The van der Waals surface area contributed by atoms with Gasteiger partial charge >= 0.3 is 0 Å². The van der Waals surface area contributed by atoms with Crippen molar-refractivity contribution in [2.75, 3.05) is 14.2 Å². The molecule has 20 heavy (non-hydrogen) atoms. The molecular formula is C13H12ClFN2O3. The van der Waals surface area contributed by atoms with Gasteiger partial charge < -0.3 is 14.5 Å². The molecule has 5 nitrogen and oxygen atoms in total. The van der Waals surface area contributed by atoms with Crippen molar-refractivity contribution >= 4 is 11.6 Å². The third-order valence-corrected chi connectivity index (χ3v) is 3.02. The van der Waals surface area contributed by atoms with E-state index in [0.717, 1.165) is 0 Å². The highest BCUT2D eigenvalue weighted by molar-refractivity contribution is 6.32. The van der Waals surface area contributed by atoms with Crippen LogP contribution in [0.25, 0.3) is 11.4 Å². The molecule has 0 bridgehead atoms. The van der Waals surface area contributed by atoms with Crippen LogP contribution in [-0.4, -0.2) is 24.2 Å². The molecule has 1 aromatic heterocycles. The normalized spacial score (nSPS) is 10.4. The van der Waals surface area contributed by atoms with Crippen LogP contribution in [0.4, 0.5) is 4.39 Å². The minimum Gasteiger partial charge on any atom is -0.493 e. The van der Waals surface area contributed by atoms with E-state index in [1.807, 2.05) is 0 Å². The Morgan fingerprint density at radius 1 is 1.30 bits per heavy atom. The topological polar surface area (TPSA) is 64.2 Å². The van der Waals surface area contributed by atoms with E-state index in [9.17, 15) is 9.18 Å². The largest absolute Gasteiger partial charge is 0.493 e. The monoisotopic (exact) mass is 298 g/mol. The van der Waals surface area contributed by atoms with Crippen molar-refractivity contribution in [1.82, 2.24) is 9.97 Å². The molecule has 0 atom stereocenters. The first-order chi connectivity index (χ1) is 9.47. The summed E-state index contributed by atoms with van der Waals surface area (Å²) in [4.78, 5) is 17.8. The summed E-state index contributed by atoms with van der Waals surface area (Å²) in [6.45, 7) is 1.41. The third kappa shape index (κ3) is 2.46. The Kier molecular flexibility index (Phi) is 3.94. The minimum absolute atomic E-state index is 0.00894. The Balaban J connectivity index is 2.65. The number of benzene rings is 1. The predicted octanol–water partition coefficient (Wildman–Crippen LogP) is 2.56. The van der Waals surface area contributed by atoms with E-state index in [0.29, 0.717) is 22.1 Å². The summed E-state index contributed by atoms with van der Waals surface area (Å²) in [6.07, 6.45) is 0. The number of rotatable bonds is 3. The average Bonchev–Trinajstić information content (AvgIpc) is 2.43. The second-order valence-corrected chi connectivity index (χ2v) is 4.41. The van der Waals surface area contributed by atoms with Crippen LogP contribution in [0.3, 0.4) is 0 Å². The molecular weight excluding hydrogens is 287 g/mol. The summed E-state index contributed by atoms with van der Waals surface area (Å²) in [5.41, 5.74) is -0.332. The smallest absolute Gasteiger partial charge is 0.287 e. The van der Waals surface area contributed by atoms with Crippen molar-refractivity contribution in [3.8, 4) is 22.9 Å². The summed E-state index contributed by atoms with van der Waals surface area (Å²) < 4.78 is 23.6. The highest BCUT2D eigenvalue weighted by Gasteiger charge is 2.15. The fourth-order valence-corrected chi connectivity index (χ4v) is 2.05. The number of nitrogens with one attached hydrogen (secondary N) is 1. The molecule has 1 heterocycles. The summed E-state index contributed by atoms with van der Waals surface area (Å²) >= 11 is 6.08. The van der Waals surface area contributed by atoms with Crippen LogP contribution in [0.2, 0.25) is 5.02 Å². The molecule has 7 heteroatoms.